The molecule has 1 unspecified atom stereocenters. The minimum Gasteiger partial charge on any atom is -0.394 e. The Morgan fingerprint density at radius 2 is 1.65 bits per heavy atom. The minimum atomic E-state index is -4.10. The number of hydrogen-bond donors (Lipinski definition) is 2. The summed E-state index contributed by atoms with van der Waals surface area (Å²) in [6.45, 7) is 5.57. The first-order valence-corrected chi connectivity index (χ1v) is 7.39. The summed E-state index contributed by atoms with van der Waals surface area (Å²) < 4.78 is 40.9. The smallest absolute Gasteiger partial charge is 0.389 e. The first-order chi connectivity index (χ1) is 9.39. The van der Waals surface area contributed by atoms with Gasteiger partial charge in [-0.25, -0.2) is 0 Å². The van der Waals surface area contributed by atoms with Crippen LogP contribution in [0.25, 0.3) is 0 Å². The van der Waals surface area contributed by atoms with Gasteiger partial charge in [0.2, 0.25) is 0 Å². The summed E-state index contributed by atoms with van der Waals surface area (Å²) in [5, 5.41) is 12.9. The molecular formula is C14H28F3NO2. The third kappa shape index (κ3) is 9.55. The molecule has 2 N–H and O–H groups in total. The van der Waals surface area contributed by atoms with E-state index in [-0.39, 0.29) is 25.2 Å². The van der Waals surface area contributed by atoms with Crippen molar-refractivity contribution in [3.8, 4) is 0 Å². The van der Waals surface area contributed by atoms with E-state index in [9.17, 15) is 18.3 Å². The van der Waals surface area contributed by atoms with Gasteiger partial charge in [-0.3, -0.25) is 0 Å². The van der Waals surface area contributed by atoms with Crippen molar-refractivity contribution in [3.05, 3.63) is 0 Å². The highest BCUT2D eigenvalue weighted by Gasteiger charge is 2.26. The average molecular weight is 299 g/mol. The fourth-order valence-electron chi connectivity index (χ4n) is 2.02. The SMILES string of the molecule is CCCNC(CC)(CO)CCCOCCCC(F)(F)F. The molecule has 0 fully saturated rings. The maximum Gasteiger partial charge on any atom is 0.389 e. The van der Waals surface area contributed by atoms with Crippen LogP contribution in [0.1, 0.15) is 52.4 Å². The van der Waals surface area contributed by atoms with Crippen molar-refractivity contribution in [2.75, 3.05) is 26.4 Å². The Labute approximate surface area is 119 Å². The van der Waals surface area contributed by atoms with E-state index >= 15 is 0 Å². The summed E-state index contributed by atoms with van der Waals surface area (Å²) in [7, 11) is 0. The van der Waals surface area contributed by atoms with E-state index in [1.807, 2.05) is 6.92 Å². The van der Waals surface area contributed by atoms with Gasteiger partial charge < -0.3 is 15.2 Å². The second-order valence-electron chi connectivity index (χ2n) is 5.15. The molecule has 0 saturated heterocycles. The lowest BCUT2D eigenvalue weighted by Gasteiger charge is -2.32. The summed E-state index contributed by atoms with van der Waals surface area (Å²) in [6, 6.07) is 0. The zero-order valence-corrected chi connectivity index (χ0v) is 12.6. The number of hydrogen-bond acceptors (Lipinski definition) is 3. The standard InChI is InChI=1S/C14H28F3NO2/c1-3-9-18-13(4-2,12-19)7-5-10-20-11-6-8-14(15,16)17/h18-19H,3-12H2,1-2H3. The van der Waals surface area contributed by atoms with Crippen LogP contribution in [0.15, 0.2) is 0 Å². The summed E-state index contributed by atoms with van der Waals surface area (Å²) in [5.41, 5.74) is -0.286. The number of ether oxygens (including phenoxy) is 1. The number of halogens is 3. The number of nitrogens with one attached hydrogen (secondary N) is 1. The lowest BCUT2D eigenvalue weighted by molar-refractivity contribution is -0.137. The van der Waals surface area contributed by atoms with Gasteiger partial charge in [-0.05, 0) is 38.6 Å². The predicted octanol–water partition coefficient (Wildman–Crippen LogP) is 3.27. The second-order valence-corrected chi connectivity index (χ2v) is 5.15. The molecule has 0 aliphatic heterocycles. The molecule has 0 heterocycles. The van der Waals surface area contributed by atoms with Crippen LogP contribution in [-0.2, 0) is 4.74 Å². The van der Waals surface area contributed by atoms with E-state index in [4.69, 9.17) is 4.74 Å². The van der Waals surface area contributed by atoms with Crippen LogP contribution in [-0.4, -0.2) is 43.2 Å². The topological polar surface area (TPSA) is 41.5 Å². The molecule has 6 heteroatoms. The van der Waals surface area contributed by atoms with Crippen molar-refractivity contribution in [2.24, 2.45) is 0 Å². The highest BCUT2D eigenvalue weighted by molar-refractivity contribution is 4.85. The normalized spacial score (nSPS) is 15.3. The molecular weight excluding hydrogens is 271 g/mol. The molecule has 0 amide bonds. The Kier molecular flexibility index (Phi) is 10.2. The summed E-state index contributed by atoms with van der Waals surface area (Å²) in [4.78, 5) is 0. The van der Waals surface area contributed by atoms with Crippen molar-refractivity contribution in [3.63, 3.8) is 0 Å². The van der Waals surface area contributed by atoms with Gasteiger partial charge in [0.05, 0.1) is 6.61 Å². The van der Waals surface area contributed by atoms with Gasteiger partial charge in [0.15, 0.2) is 0 Å². The Morgan fingerprint density at radius 1 is 1.05 bits per heavy atom. The maximum atomic E-state index is 11.9. The first-order valence-electron chi connectivity index (χ1n) is 7.39. The number of aliphatic hydroxyl groups is 1. The second kappa shape index (κ2) is 10.4. The molecule has 0 aromatic carbocycles. The average Bonchev–Trinajstić information content (AvgIpc) is 2.40. The maximum absolute atomic E-state index is 11.9. The fraction of sp³-hybridized carbons (Fsp3) is 1.00. The molecule has 20 heavy (non-hydrogen) atoms. The molecule has 122 valence electrons. The van der Waals surface area contributed by atoms with Crippen molar-refractivity contribution in [1.29, 1.82) is 0 Å². The van der Waals surface area contributed by atoms with Gasteiger partial charge in [0.1, 0.15) is 0 Å². The predicted molar refractivity (Wildman–Crippen MR) is 73.7 cm³/mol. The van der Waals surface area contributed by atoms with Crippen molar-refractivity contribution in [2.45, 2.75) is 64.1 Å². The monoisotopic (exact) mass is 299 g/mol. The number of alkyl halides is 3. The van der Waals surface area contributed by atoms with Crippen molar-refractivity contribution < 1.29 is 23.0 Å². The van der Waals surface area contributed by atoms with Gasteiger partial charge in [-0.2, -0.15) is 13.2 Å². The molecule has 0 aliphatic rings. The van der Waals surface area contributed by atoms with Crippen LogP contribution in [0.5, 0.6) is 0 Å². The van der Waals surface area contributed by atoms with Gasteiger partial charge in [0.25, 0.3) is 0 Å². The minimum absolute atomic E-state index is 0.0104. The number of rotatable bonds is 12. The van der Waals surface area contributed by atoms with E-state index in [1.165, 1.54) is 0 Å². The van der Waals surface area contributed by atoms with Crippen LogP contribution in [0.2, 0.25) is 0 Å². The molecule has 0 aromatic heterocycles. The van der Waals surface area contributed by atoms with Gasteiger partial charge in [-0.15, -0.1) is 0 Å². The zero-order valence-electron chi connectivity index (χ0n) is 12.6. The van der Waals surface area contributed by atoms with E-state index in [2.05, 4.69) is 12.2 Å². The van der Waals surface area contributed by atoms with Crippen LogP contribution >= 0.6 is 0 Å². The summed E-state index contributed by atoms with van der Waals surface area (Å²) >= 11 is 0. The third-order valence-electron chi connectivity index (χ3n) is 3.42. The van der Waals surface area contributed by atoms with Gasteiger partial charge >= 0.3 is 6.18 Å². The molecule has 0 saturated carbocycles. The Hall–Kier alpha value is -0.330. The highest BCUT2D eigenvalue weighted by atomic mass is 19.4. The molecule has 0 aliphatic carbocycles. The van der Waals surface area contributed by atoms with Gasteiger partial charge in [-0.1, -0.05) is 13.8 Å². The molecule has 0 aromatic rings. The number of aliphatic hydroxyl groups excluding tert-OH is 1. The zero-order chi connectivity index (χ0) is 15.5. The van der Waals surface area contributed by atoms with E-state index < -0.39 is 12.6 Å². The third-order valence-corrected chi connectivity index (χ3v) is 3.42. The van der Waals surface area contributed by atoms with E-state index in [0.29, 0.717) is 6.61 Å². The van der Waals surface area contributed by atoms with Crippen LogP contribution in [0.4, 0.5) is 13.2 Å². The lowest BCUT2D eigenvalue weighted by Crippen LogP contribution is -2.48. The molecule has 0 radical (unpaired) electrons. The van der Waals surface area contributed by atoms with E-state index in [1.54, 1.807) is 0 Å². The lowest BCUT2D eigenvalue weighted by atomic mass is 9.91. The van der Waals surface area contributed by atoms with Crippen LogP contribution < -0.4 is 5.32 Å². The quantitative estimate of drug-likeness (QED) is 0.543. The molecule has 1 atom stereocenters. The highest BCUT2D eigenvalue weighted by Crippen LogP contribution is 2.21. The summed E-state index contributed by atoms with van der Waals surface area (Å²) in [5.74, 6) is 0. The van der Waals surface area contributed by atoms with Crippen LogP contribution in [0, 0.1) is 0 Å². The molecule has 0 rings (SSSR count). The molecule has 0 bridgehead atoms. The van der Waals surface area contributed by atoms with E-state index in [0.717, 1.165) is 32.2 Å². The largest absolute Gasteiger partial charge is 0.394 e. The Balaban J connectivity index is 3.73. The van der Waals surface area contributed by atoms with Crippen LogP contribution in [0.3, 0.4) is 0 Å². The molecule has 3 nitrogen and oxygen atoms in total. The van der Waals surface area contributed by atoms with Gasteiger partial charge in [0, 0.05) is 25.2 Å². The fourth-order valence-corrected chi connectivity index (χ4v) is 2.02. The first kappa shape index (κ1) is 19.7. The Bertz CT molecular complexity index is 231. The van der Waals surface area contributed by atoms with Crippen molar-refractivity contribution >= 4 is 0 Å². The molecule has 0 spiro atoms. The summed E-state index contributed by atoms with van der Waals surface area (Å²) in [6.07, 6.45) is -1.57. The van der Waals surface area contributed by atoms with Crippen molar-refractivity contribution in [1.82, 2.24) is 5.32 Å². The Morgan fingerprint density at radius 3 is 2.10 bits per heavy atom.